The fraction of sp³-hybridized carbons (Fsp3) is 0.812. The lowest BCUT2D eigenvalue weighted by molar-refractivity contribution is -0.149. The molecular formula is C16H28N2O5. The molecule has 7 heteroatoms. The number of nitrogens with zero attached hydrogens (tertiary/aromatic N) is 1. The molecule has 0 saturated carbocycles. The molecule has 0 spiro atoms. The molecule has 0 aliphatic carbocycles. The van der Waals surface area contributed by atoms with Crippen LogP contribution in [-0.4, -0.2) is 52.2 Å². The van der Waals surface area contributed by atoms with Crippen molar-refractivity contribution in [2.24, 2.45) is 5.92 Å². The number of rotatable bonds is 5. The third-order valence-corrected chi connectivity index (χ3v) is 3.97. The lowest BCUT2D eigenvalue weighted by atomic mass is 9.97. The zero-order valence-corrected chi connectivity index (χ0v) is 14.6. The number of amides is 2. The van der Waals surface area contributed by atoms with E-state index in [9.17, 15) is 19.5 Å². The van der Waals surface area contributed by atoms with Crippen molar-refractivity contribution in [3.8, 4) is 0 Å². The van der Waals surface area contributed by atoms with E-state index in [4.69, 9.17) is 4.74 Å². The highest BCUT2D eigenvalue weighted by Gasteiger charge is 2.39. The number of carboxylic acids is 1. The summed E-state index contributed by atoms with van der Waals surface area (Å²) in [5.74, 6) is -1.48. The smallest absolute Gasteiger partial charge is 0.408 e. The first-order chi connectivity index (χ1) is 10.6. The average molecular weight is 328 g/mol. The van der Waals surface area contributed by atoms with Gasteiger partial charge >= 0.3 is 12.1 Å². The van der Waals surface area contributed by atoms with Crippen molar-refractivity contribution in [2.75, 3.05) is 6.54 Å². The zero-order chi connectivity index (χ0) is 17.8. The Hall–Kier alpha value is -1.79. The van der Waals surface area contributed by atoms with Crippen LogP contribution < -0.4 is 5.32 Å². The number of hydrogen-bond donors (Lipinski definition) is 2. The lowest BCUT2D eigenvalue weighted by Gasteiger charge is -2.31. The molecule has 3 atom stereocenters. The molecule has 3 unspecified atom stereocenters. The van der Waals surface area contributed by atoms with Crippen LogP contribution in [0.1, 0.15) is 53.9 Å². The van der Waals surface area contributed by atoms with E-state index in [0.717, 1.165) is 0 Å². The summed E-state index contributed by atoms with van der Waals surface area (Å²) in [6, 6.07) is -1.59. The van der Waals surface area contributed by atoms with Crippen LogP contribution in [0.2, 0.25) is 0 Å². The fourth-order valence-corrected chi connectivity index (χ4v) is 2.58. The molecule has 0 aromatic heterocycles. The van der Waals surface area contributed by atoms with Crippen molar-refractivity contribution >= 4 is 18.0 Å². The highest BCUT2D eigenvalue weighted by atomic mass is 16.6. The number of carbonyl (C=O) groups excluding carboxylic acids is 2. The maximum absolute atomic E-state index is 12.8. The largest absolute Gasteiger partial charge is 0.480 e. The van der Waals surface area contributed by atoms with Gasteiger partial charge in [0.25, 0.3) is 0 Å². The molecule has 7 nitrogen and oxygen atoms in total. The van der Waals surface area contributed by atoms with Gasteiger partial charge in [0, 0.05) is 6.54 Å². The minimum atomic E-state index is -1.00. The second-order valence-corrected chi connectivity index (χ2v) is 7.04. The van der Waals surface area contributed by atoms with E-state index in [1.54, 1.807) is 20.8 Å². The van der Waals surface area contributed by atoms with Crippen LogP contribution in [0.25, 0.3) is 0 Å². The molecule has 0 bridgehead atoms. The predicted octanol–water partition coefficient (Wildman–Crippen LogP) is 2.00. The van der Waals surface area contributed by atoms with Crippen molar-refractivity contribution in [1.82, 2.24) is 10.2 Å². The Kier molecular flexibility index (Phi) is 6.41. The summed E-state index contributed by atoms with van der Waals surface area (Å²) in [6.45, 7) is 9.40. The summed E-state index contributed by atoms with van der Waals surface area (Å²) in [6.07, 6.45) is 1.11. The maximum Gasteiger partial charge on any atom is 0.408 e. The van der Waals surface area contributed by atoms with Crippen LogP contribution in [0, 0.1) is 5.92 Å². The van der Waals surface area contributed by atoms with Gasteiger partial charge in [-0.3, -0.25) is 4.79 Å². The lowest BCUT2D eigenvalue weighted by Crippen LogP contribution is -2.54. The molecular weight excluding hydrogens is 300 g/mol. The normalized spacial score (nSPS) is 20.7. The molecule has 1 aliphatic heterocycles. The topological polar surface area (TPSA) is 95.9 Å². The first-order valence-electron chi connectivity index (χ1n) is 8.09. The van der Waals surface area contributed by atoms with E-state index in [2.05, 4.69) is 5.32 Å². The van der Waals surface area contributed by atoms with Crippen molar-refractivity contribution in [1.29, 1.82) is 0 Å². The third kappa shape index (κ3) is 5.41. The third-order valence-electron chi connectivity index (χ3n) is 3.97. The van der Waals surface area contributed by atoms with E-state index >= 15 is 0 Å². The number of likely N-dealkylation sites (tertiary alicyclic amines) is 1. The summed E-state index contributed by atoms with van der Waals surface area (Å²) in [7, 11) is 0. The Morgan fingerprint density at radius 2 is 1.96 bits per heavy atom. The summed E-state index contributed by atoms with van der Waals surface area (Å²) < 4.78 is 5.21. The average Bonchev–Trinajstić information content (AvgIpc) is 2.90. The van der Waals surface area contributed by atoms with Crippen LogP contribution in [0.4, 0.5) is 4.79 Å². The minimum absolute atomic E-state index is 0.120. The molecule has 0 radical (unpaired) electrons. The Balaban J connectivity index is 2.87. The van der Waals surface area contributed by atoms with Crippen molar-refractivity contribution in [3.63, 3.8) is 0 Å². The van der Waals surface area contributed by atoms with Gasteiger partial charge in [-0.25, -0.2) is 9.59 Å². The van der Waals surface area contributed by atoms with Crippen LogP contribution in [0.5, 0.6) is 0 Å². The molecule has 0 aromatic carbocycles. The molecule has 1 saturated heterocycles. The van der Waals surface area contributed by atoms with Gasteiger partial charge in [-0.05, 0) is 39.5 Å². The molecule has 2 amide bonds. The van der Waals surface area contributed by atoms with Gasteiger partial charge in [0.05, 0.1) is 0 Å². The van der Waals surface area contributed by atoms with Gasteiger partial charge in [-0.15, -0.1) is 0 Å². The summed E-state index contributed by atoms with van der Waals surface area (Å²) in [4.78, 5) is 37.4. The SMILES string of the molecule is CCC(C)C(NC(=O)OC(C)(C)C)C(=O)N1CCCC1C(=O)O. The quantitative estimate of drug-likeness (QED) is 0.805. The standard InChI is InChI=1S/C16H28N2O5/c1-6-10(2)12(17-15(22)23-16(3,4)5)13(19)18-9-7-8-11(18)14(20)21/h10-12H,6-9H2,1-5H3,(H,17,22)(H,20,21). The van der Waals surface area contributed by atoms with Gasteiger partial charge < -0.3 is 20.1 Å². The van der Waals surface area contributed by atoms with Gasteiger partial charge in [-0.2, -0.15) is 0 Å². The van der Waals surface area contributed by atoms with Gasteiger partial charge in [0.15, 0.2) is 0 Å². The summed E-state index contributed by atoms with van der Waals surface area (Å²) >= 11 is 0. The summed E-state index contributed by atoms with van der Waals surface area (Å²) in [5, 5.41) is 11.9. The highest BCUT2D eigenvalue weighted by Crippen LogP contribution is 2.21. The number of carboxylic acid groups (broad SMARTS) is 1. The molecule has 0 aromatic rings. The molecule has 1 aliphatic rings. The molecule has 1 rings (SSSR count). The molecule has 1 heterocycles. The van der Waals surface area contributed by atoms with Crippen molar-refractivity contribution in [2.45, 2.75) is 71.6 Å². The molecule has 2 N–H and O–H groups in total. The summed E-state index contributed by atoms with van der Waals surface area (Å²) in [5.41, 5.74) is -0.662. The van der Waals surface area contributed by atoms with E-state index in [0.29, 0.717) is 25.8 Å². The Morgan fingerprint density at radius 3 is 2.43 bits per heavy atom. The van der Waals surface area contributed by atoms with Crippen molar-refractivity contribution in [3.05, 3.63) is 0 Å². The maximum atomic E-state index is 12.8. The molecule has 132 valence electrons. The number of aliphatic carboxylic acids is 1. The number of carbonyl (C=O) groups is 3. The van der Waals surface area contributed by atoms with Gasteiger partial charge in [0.1, 0.15) is 17.7 Å². The second kappa shape index (κ2) is 7.66. The fourth-order valence-electron chi connectivity index (χ4n) is 2.58. The Morgan fingerprint density at radius 1 is 1.35 bits per heavy atom. The Labute approximate surface area is 137 Å². The number of ether oxygens (including phenoxy) is 1. The van der Waals surface area contributed by atoms with E-state index in [1.807, 2.05) is 13.8 Å². The first-order valence-corrected chi connectivity index (χ1v) is 8.09. The van der Waals surface area contributed by atoms with Crippen LogP contribution in [-0.2, 0) is 14.3 Å². The van der Waals surface area contributed by atoms with Crippen LogP contribution in [0.15, 0.2) is 0 Å². The van der Waals surface area contributed by atoms with Crippen LogP contribution in [0.3, 0.4) is 0 Å². The van der Waals surface area contributed by atoms with Crippen molar-refractivity contribution < 1.29 is 24.2 Å². The van der Waals surface area contributed by atoms with E-state index in [1.165, 1.54) is 4.90 Å². The number of alkyl carbamates (subject to hydrolysis) is 1. The monoisotopic (exact) mass is 328 g/mol. The first kappa shape index (κ1) is 19.3. The van der Waals surface area contributed by atoms with Gasteiger partial charge in [-0.1, -0.05) is 20.3 Å². The number of hydrogen-bond acceptors (Lipinski definition) is 4. The van der Waals surface area contributed by atoms with Gasteiger partial charge in [0.2, 0.25) is 5.91 Å². The number of nitrogens with one attached hydrogen (secondary N) is 1. The molecule has 1 fully saturated rings. The minimum Gasteiger partial charge on any atom is -0.480 e. The van der Waals surface area contributed by atoms with Crippen LogP contribution >= 0.6 is 0 Å². The zero-order valence-electron chi connectivity index (χ0n) is 14.6. The van der Waals surface area contributed by atoms with E-state index in [-0.39, 0.29) is 11.8 Å². The Bertz CT molecular complexity index is 458. The second-order valence-electron chi connectivity index (χ2n) is 7.04. The highest BCUT2D eigenvalue weighted by molar-refractivity contribution is 5.90. The molecule has 23 heavy (non-hydrogen) atoms. The van der Waals surface area contributed by atoms with E-state index < -0.39 is 29.7 Å². The predicted molar refractivity (Wildman–Crippen MR) is 85.0 cm³/mol.